The van der Waals surface area contributed by atoms with Crippen LogP contribution in [0, 0.1) is 0 Å². The maximum Gasteiger partial charge on any atom is 0.415 e. The zero-order chi connectivity index (χ0) is 22.0. The van der Waals surface area contributed by atoms with E-state index in [1.807, 2.05) is 0 Å². The highest BCUT2D eigenvalue weighted by Crippen LogP contribution is 2.33. The molecule has 2 amide bonds. The monoisotopic (exact) mass is 432 g/mol. The van der Waals surface area contributed by atoms with Crippen molar-refractivity contribution < 1.29 is 36.5 Å². The third-order valence-electron chi connectivity index (χ3n) is 4.31. The van der Waals surface area contributed by atoms with E-state index in [1.54, 1.807) is 20.8 Å². The topological polar surface area (TPSA) is 113 Å². The van der Waals surface area contributed by atoms with Crippen molar-refractivity contribution in [3.8, 4) is 5.75 Å². The molecule has 1 aromatic carbocycles. The van der Waals surface area contributed by atoms with Crippen LogP contribution in [0.2, 0.25) is 0 Å². The number of rotatable bonds is 4. The average Bonchev–Trinajstić information content (AvgIpc) is 2.59. The van der Waals surface area contributed by atoms with Crippen LogP contribution in [-0.2, 0) is 15.0 Å². The number of methoxy groups -OCH3 is 1. The average molecular weight is 432 g/mol. The van der Waals surface area contributed by atoms with Crippen LogP contribution >= 0.6 is 0 Å². The maximum absolute atomic E-state index is 13.5. The van der Waals surface area contributed by atoms with Crippen LogP contribution in [0.15, 0.2) is 23.1 Å². The van der Waals surface area contributed by atoms with Gasteiger partial charge in [0.25, 0.3) is 0 Å². The van der Waals surface area contributed by atoms with Gasteiger partial charge in [0.2, 0.25) is 0 Å². The van der Waals surface area contributed by atoms with E-state index in [4.69, 9.17) is 9.47 Å². The van der Waals surface area contributed by atoms with Crippen molar-refractivity contribution in [2.45, 2.75) is 50.2 Å². The normalized spacial score (nSPS) is 17.6. The number of ether oxygens (including phenoxy) is 2. The Hall–Kier alpha value is -2.56. The minimum atomic E-state index is -5.03. The van der Waals surface area contributed by atoms with Crippen molar-refractivity contribution in [3.05, 3.63) is 18.2 Å². The first kappa shape index (κ1) is 22.7. The standard InChI is InChI=1S/C18H25FN2O7S/c1-18(2,3)28-17(24)21(13-6-5-9-20(11-13)16(22)23)12-7-8-15(29(19,25)26)14(10-12)27-4/h7-8,10,13H,5-6,9,11H2,1-4H3,(H,22,23). The van der Waals surface area contributed by atoms with Gasteiger partial charge in [0.05, 0.1) is 18.8 Å². The molecular weight excluding hydrogens is 407 g/mol. The van der Waals surface area contributed by atoms with E-state index in [1.165, 1.54) is 29.0 Å². The largest absolute Gasteiger partial charge is 0.495 e. The summed E-state index contributed by atoms with van der Waals surface area (Å²) >= 11 is 0. The molecule has 1 N–H and O–H groups in total. The smallest absolute Gasteiger partial charge is 0.415 e. The summed E-state index contributed by atoms with van der Waals surface area (Å²) in [5.41, 5.74) is -0.608. The summed E-state index contributed by atoms with van der Waals surface area (Å²) < 4.78 is 46.6. The number of hydrogen-bond donors (Lipinski definition) is 1. The van der Waals surface area contributed by atoms with Crippen LogP contribution < -0.4 is 9.64 Å². The Labute approximate surface area is 169 Å². The quantitative estimate of drug-likeness (QED) is 0.727. The number of nitrogens with zero attached hydrogens (tertiary/aromatic N) is 2. The summed E-state index contributed by atoms with van der Waals surface area (Å²) in [5.74, 6) is -0.274. The molecule has 1 heterocycles. The second kappa shape index (κ2) is 8.44. The number of carbonyl (C=O) groups is 2. The van der Waals surface area contributed by atoms with Crippen molar-refractivity contribution >= 4 is 28.1 Å². The molecule has 2 rings (SSSR count). The lowest BCUT2D eigenvalue weighted by Gasteiger charge is -2.38. The molecule has 1 atom stereocenters. The van der Waals surface area contributed by atoms with Crippen LogP contribution in [0.3, 0.4) is 0 Å². The predicted molar refractivity (Wildman–Crippen MR) is 103 cm³/mol. The van der Waals surface area contributed by atoms with Crippen molar-refractivity contribution in [2.75, 3.05) is 25.1 Å². The molecule has 0 aromatic heterocycles. The van der Waals surface area contributed by atoms with Crippen LogP contribution in [0.4, 0.5) is 19.2 Å². The highest BCUT2D eigenvalue weighted by Gasteiger charge is 2.35. The Balaban J connectivity index is 2.50. The maximum atomic E-state index is 13.5. The number of carboxylic acid groups (broad SMARTS) is 1. The molecule has 9 nitrogen and oxygen atoms in total. The Kier molecular flexibility index (Phi) is 6.61. The highest BCUT2D eigenvalue weighted by atomic mass is 32.3. The predicted octanol–water partition coefficient (Wildman–Crippen LogP) is 3.24. The number of benzene rings is 1. The number of likely N-dealkylation sites (tertiary alicyclic amines) is 1. The van der Waals surface area contributed by atoms with E-state index in [-0.39, 0.29) is 18.0 Å². The summed E-state index contributed by atoms with van der Waals surface area (Å²) in [6.07, 6.45) is -0.790. The van der Waals surface area contributed by atoms with E-state index in [0.717, 1.165) is 6.07 Å². The lowest BCUT2D eigenvalue weighted by molar-refractivity contribution is 0.0541. The highest BCUT2D eigenvalue weighted by molar-refractivity contribution is 7.86. The summed E-state index contributed by atoms with van der Waals surface area (Å²) in [4.78, 5) is 26.1. The summed E-state index contributed by atoms with van der Waals surface area (Å²) in [5, 5.41) is 9.30. The summed E-state index contributed by atoms with van der Waals surface area (Å²) in [6, 6.07) is 2.93. The zero-order valence-electron chi connectivity index (χ0n) is 16.7. The van der Waals surface area contributed by atoms with Crippen molar-refractivity contribution in [2.24, 2.45) is 0 Å². The third kappa shape index (κ3) is 5.72. The fraction of sp³-hybridized carbons (Fsp3) is 0.556. The Morgan fingerprint density at radius 2 is 1.97 bits per heavy atom. The van der Waals surface area contributed by atoms with Gasteiger partial charge in [-0.25, -0.2) is 9.59 Å². The first-order valence-electron chi connectivity index (χ1n) is 8.96. The van der Waals surface area contributed by atoms with Gasteiger partial charge in [0, 0.05) is 19.2 Å². The molecule has 0 radical (unpaired) electrons. The van der Waals surface area contributed by atoms with Gasteiger partial charge in [0.1, 0.15) is 16.2 Å². The third-order valence-corrected chi connectivity index (χ3v) is 5.17. The van der Waals surface area contributed by atoms with Gasteiger partial charge < -0.3 is 19.5 Å². The van der Waals surface area contributed by atoms with E-state index in [9.17, 15) is 27.0 Å². The molecule has 0 bridgehead atoms. The van der Waals surface area contributed by atoms with Crippen molar-refractivity contribution in [1.82, 2.24) is 4.90 Å². The molecule has 1 aromatic rings. The summed E-state index contributed by atoms with van der Waals surface area (Å²) in [7, 11) is -3.85. The first-order chi connectivity index (χ1) is 13.3. The number of carbonyl (C=O) groups excluding carboxylic acids is 1. The van der Waals surface area contributed by atoms with E-state index in [2.05, 4.69) is 0 Å². The summed E-state index contributed by atoms with van der Waals surface area (Å²) in [6.45, 7) is 5.46. The Morgan fingerprint density at radius 1 is 1.31 bits per heavy atom. The zero-order valence-corrected chi connectivity index (χ0v) is 17.5. The van der Waals surface area contributed by atoms with Crippen LogP contribution in [0.5, 0.6) is 5.75 Å². The van der Waals surface area contributed by atoms with Crippen LogP contribution in [0.25, 0.3) is 0 Å². The molecule has 1 unspecified atom stereocenters. The van der Waals surface area contributed by atoms with E-state index >= 15 is 0 Å². The van der Waals surface area contributed by atoms with Gasteiger partial charge >= 0.3 is 22.4 Å². The molecular formula is C18H25FN2O7S. The molecule has 0 spiro atoms. The second-order valence-corrected chi connectivity index (χ2v) is 8.96. The van der Waals surface area contributed by atoms with Crippen LogP contribution in [0.1, 0.15) is 33.6 Å². The van der Waals surface area contributed by atoms with Crippen molar-refractivity contribution in [3.63, 3.8) is 0 Å². The van der Waals surface area contributed by atoms with Gasteiger partial charge in [-0.3, -0.25) is 4.90 Å². The van der Waals surface area contributed by atoms with Crippen LogP contribution in [-0.4, -0.2) is 62.5 Å². The molecule has 1 aliphatic heterocycles. The molecule has 0 saturated carbocycles. The fourth-order valence-electron chi connectivity index (χ4n) is 3.12. The Bertz CT molecular complexity index is 883. The molecule has 0 aliphatic carbocycles. The second-order valence-electron chi connectivity index (χ2n) is 7.65. The van der Waals surface area contributed by atoms with Gasteiger partial charge in [0.15, 0.2) is 0 Å². The lowest BCUT2D eigenvalue weighted by Crippen LogP contribution is -2.52. The Morgan fingerprint density at radius 3 is 2.48 bits per heavy atom. The van der Waals surface area contributed by atoms with Crippen molar-refractivity contribution in [1.29, 1.82) is 0 Å². The van der Waals surface area contributed by atoms with Gasteiger partial charge in [-0.05, 0) is 45.7 Å². The molecule has 1 fully saturated rings. The minimum absolute atomic E-state index is 0.0556. The van der Waals surface area contributed by atoms with E-state index in [0.29, 0.717) is 19.4 Å². The van der Waals surface area contributed by atoms with Gasteiger partial charge in [-0.15, -0.1) is 3.89 Å². The first-order valence-corrected chi connectivity index (χ1v) is 10.3. The number of amides is 2. The molecule has 1 aliphatic rings. The van der Waals surface area contributed by atoms with Gasteiger partial charge in [-0.1, -0.05) is 0 Å². The SMILES string of the molecule is COc1cc(N(C(=O)OC(C)(C)C)C2CCCN(C(=O)O)C2)ccc1S(=O)(=O)F. The molecule has 11 heteroatoms. The molecule has 162 valence electrons. The number of halogens is 1. The number of anilines is 1. The van der Waals surface area contributed by atoms with E-state index < -0.39 is 38.9 Å². The lowest BCUT2D eigenvalue weighted by atomic mass is 10.0. The minimum Gasteiger partial charge on any atom is -0.495 e. The number of piperidine rings is 1. The number of hydrogen-bond acceptors (Lipinski definition) is 6. The molecule has 1 saturated heterocycles. The molecule has 29 heavy (non-hydrogen) atoms. The van der Waals surface area contributed by atoms with Gasteiger partial charge in [-0.2, -0.15) is 8.42 Å². The fourth-order valence-corrected chi connectivity index (χ4v) is 3.74.